The van der Waals surface area contributed by atoms with E-state index >= 15 is 0 Å². The Balaban J connectivity index is 1.66. The highest BCUT2D eigenvalue weighted by atomic mass is 16.5. The average Bonchev–Trinajstić information content (AvgIpc) is 2.73. The monoisotopic (exact) mass is 367 g/mol. The molecule has 2 aromatic carbocycles. The summed E-state index contributed by atoms with van der Waals surface area (Å²) < 4.78 is 5.23. The highest BCUT2D eigenvalue weighted by Crippen LogP contribution is 2.22. The lowest BCUT2D eigenvalue weighted by atomic mass is 9.99. The second-order valence-electron chi connectivity index (χ2n) is 6.57. The number of hydrogen-bond acceptors (Lipinski definition) is 4. The number of anilines is 1. The summed E-state index contributed by atoms with van der Waals surface area (Å²) in [6.45, 7) is 5.10. The average molecular weight is 367 g/mol. The fourth-order valence-corrected chi connectivity index (χ4v) is 3.19. The normalized spacial score (nSPS) is 15.1. The molecule has 2 N–H and O–H groups in total. The van der Waals surface area contributed by atoms with Crippen molar-refractivity contribution in [1.29, 1.82) is 0 Å². The number of ether oxygens (including phenoxy) is 1. The van der Waals surface area contributed by atoms with E-state index < -0.39 is 0 Å². The molecule has 2 amide bonds. The van der Waals surface area contributed by atoms with Crippen LogP contribution in [0.1, 0.15) is 28.8 Å². The molecule has 6 nitrogen and oxygen atoms in total. The van der Waals surface area contributed by atoms with Crippen molar-refractivity contribution in [1.82, 2.24) is 10.2 Å². The summed E-state index contributed by atoms with van der Waals surface area (Å²) in [5.74, 6) is 0.233. The molecular formula is C21H25N3O3. The second kappa shape index (κ2) is 8.68. The van der Waals surface area contributed by atoms with Gasteiger partial charge in [0.1, 0.15) is 5.75 Å². The van der Waals surface area contributed by atoms with E-state index in [4.69, 9.17) is 4.74 Å². The van der Waals surface area contributed by atoms with Crippen molar-refractivity contribution in [2.75, 3.05) is 38.6 Å². The molecule has 1 saturated heterocycles. The molecule has 0 radical (unpaired) electrons. The molecular weight excluding hydrogens is 342 g/mol. The molecule has 27 heavy (non-hydrogen) atoms. The van der Waals surface area contributed by atoms with Gasteiger partial charge in [0.2, 0.25) is 5.91 Å². The number of carbonyl (C=O) groups excluding carboxylic acids is 2. The third-order valence-corrected chi connectivity index (χ3v) is 4.82. The lowest BCUT2D eigenvalue weighted by molar-refractivity contribution is -0.133. The van der Waals surface area contributed by atoms with E-state index in [1.807, 2.05) is 42.2 Å². The lowest BCUT2D eigenvalue weighted by Crippen LogP contribution is -2.47. The van der Waals surface area contributed by atoms with Crippen molar-refractivity contribution < 1.29 is 14.3 Å². The molecule has 2 aromatic rings. The number of nitrogens with one attached hydrogen (secondary N) is 2. The maximum Gasteiger partial charge on any atom is 0.259 e. The van der Waals surface area contributed by atoms with E-state index in [0.29, 0.717) is 17.0 Å². The molecule has 0 spiro atoms. The Kier molecular flexibility index (Phi) is 6.08. The molecule has 0 bridgehead atoms. The highest BCUT2D eigenvalue weighted by molar-refractivity contribution is 6.06. The maximum atomic E-state index is 12.6. The molecule has 1 unspecified atom stereocenters. The predicted molar refractivity (Wildman–Crippen MR) is 105 cm³/mol. The number of piperazine rings is 1. The number of hydrogen-bond donors (Lipinski definition) is 2. The van der Waals surface area contributed by atoms with Crippen LogP contribution in [0.4, 0.5) is 5.69 Å². The van der Waals surface area contributed by atoms with E-state index in [-0.39, 0.29) is 17.7 Å². The minimum Gasteiger partial charge on any atom is -0.496 e. The molecule has 1 heterocycles. The fraction of sp³-hybridized carbons (Fsp3) is 0.333. The number of benzene rings is 2. The molecule has 3 rings (SSSR count). The quantitative estimate of drug-likeness (QED) is 0.852. The summed E-state index contributed by atoms with van der Waals surface area (Å²) in [6.07, 6.45) is 0. The topological polar surface area (TPSA) is 70.7 Å². The summed E-state index contributed by atoms with van der Waals surface area (Å²) in [4.78, 5) is 27.0. The Labute approximate surface area is 159 Å². The van der Waals surface area contributed by atoms with Crippen LogP contribution in [0, 0.1) is 0 Å². The Morgan fingerprint density at radius 3 is 2.41 bits per heavy atom. The molecule has 6 heteroatoms. The van der Waals surface area contributed by atoms with Crippen molar-refractivity contribution in [3.8, 4) is 5.75 Å². The standard InChI is InChI=1S/C21H25N3O3/c1-15(21(26)24-13-11-22-12-14-24)16-7-9-17(10-8-16)23-20(25)18-5-3-4-6-19(18)27-2/h3-10,15,22H,11-14H2,1-2H3,(H,23,25). The van der Waals surface area contributed by atoms with Crippen LogP contribution in [0.3, 0.4) is 0 Å². The summed E-state index contributed by atoms with van der Waals surface area (Å²) in [7, 11) is 1.54. The summed E-state index contributed by atoms with van der Waals surface area (Å²) >= 11 is 0. The zero-order valence-electron chi connectivity index (χ0n) is 15.7. The van der Waals surface area contributed by atoms with Crippen molar-refractivity contribution in [2.24, 2.45) is 0 Å². The lowest BCUT2D eigenvalue weighted by Gasteiger charge is -2.30. The Bertz CT molecular complexity index is 799. The Morgan fingerprint density at radius 1 is 1.07 bits per heavy atom. The van der Waals surface area contributed by atoms with Crippen LogP contribution in [0.15, 0.2) is 48.5 Å². The van der Waals surface area contributed by atoms with Crippen molar-refractivity contribution in [3.63, 3.8) is 0 Å². The van der Waals surface area contributed by atoms with E-state index in [2.05, 4.69) is 10.6 Å². The smallest absolute Gasteiger partial charge is 0.259 e. The van der Waals surface area contributed by atoms with Crippen molar-refractivity contribution in [2.45, 2.75) is 12.8 Å². The maximum absolute atomic E-state index is 12.6. The number of carbonyl (C=O) groups is 2. The Hall–Kier alpha value is -2.86. The SMILES string of the molecule is COc1ccccc1C(=O)Nc1ccc(C(C)C(=O)N2CCNCC2)cc1. The number of rotatable bonds is 5. The van der Waals surface area contributed by atoms with Crippen molar-refractivity contribution >= 4 is 17.5 Å². The van der Waals surface area contributed by atoms with Gasteiger partial charge in [-0.3, -0.25) is 9.59 Å². The number of methoxy groups -OCH3 is 1. The minimum atomic E-state index is -0.231. The molecule has 1 aliphatic rings. The molecule has 142 valence electrons. The molecule has 0 saturated carbocycles. The first-order valence-corrected chi connectivity index (χ1v) is 9.14. The first-order chi connectivity index (χ1) is 13.1. The van der Waals surface area contributed by atoms with Gasteiger partial charge in [-0.1, -0.05) is 24.3 Å². The number of para-hydroxylation sites is 1. The largest absolute Gasteiger partial charge is 0.496 e. The molecule has 1 aliphatic heterocycles. The predicted octanol–water partition coefficient (Wildman–Crippen LogP) is 2.48. The van der Waals surface area contributed by atoms with Crippen LogP contribution in [-0.2, 0) is 4.79 Å². The van der Waals surface area contributed by atoms with E-state index in [0.717, 1.165) is 31.7 Å². The summed E-state index contributed by atoms with van der Waals surface area (Å²) in [5, 5.41) is 6.12. The summed E-state index contributed by atoms with van der Waals surface area (Å²) in [6, 6.07) is 14.5. The van der Waals surface area contributed by atoms with Gasteiger partial charge < -0.3 is 20.3 Å². The zero-order chi connectivity index (χ0) is 19.2. The number of nitrogens with zero attached hydrogens (tertiary/aromatic N) is 1. The first-order valence-electron chi connectivity index (χ1n) is 9.14. The van der Waals surface area contributed by atoms with Crippen molar-refractivity contribution in [3.05, 3.63) is 59.7 Å². The van der Waals surface area contributed by atoms with Crippen LogP contribution >= 0.6 is 0 Å². The van der Waals surface area contributed by atoms with Gasteiger partial charge in [0.15, 0.2) is 0 Å². The van der Waals surface area contributed by atoms with Crippen LogP contribution in [0.25, 0.3) is 0 Å². The molecule has 1 atom stereocenters. The van der Waals surface area contributed by atoms with E-state index in [9.17, 15) is 9.59 Å². The van der Waals surface area contributed by atoms with Crippen LogP contribution in [-0.4, -0.2) is 50.0 Å². The van der Waals surface area contributed by atoms with Crippen LogP contribution < -0.4 is 15.4 Å². The second-order valence-corrected chi connectivity index (χ2v) is 6.57. The van der Waals surface area contributed by atoms with Gasteiger partial charge in [-0.2, -0.15) is 0 Å². The fourth-order valence-electron chi connectivity index (χ4n) is 3.19. The summed E-state index contributed by atoms with van der Waals surface area (Å²) in [5.41, 5.74) is 2.09. The molecule has 1 fully saturated rings. The van der Waals surface area contributed by atoms with Gasteiger partial charge in [0.05, 0.1) is 18.6 Å². The van der Waals surface area contributed by atoms with Crippen LogP contribution in [0.2, 0.25) is 0 Å². The molecule has 0 aliphatic carbocycles. The van der Waals surface area contributed by atoms with Gasteiger partial charge in [0.25, 0.3) is 5.91 Å². The first kappa shape index (κ1) is 18.9. The third kappa shape index (κ3) is 4.46. The number of amides is 2. The minimum absolute atomic E-state index is 0.141. The van der Waals surface area contributed by atoms with Gasteiger partial charge in [-0.05, 0) is 36.8 Å². The highest BCUT2D eigenvalue weighted by Gasteiger charge is 2.23. The van der Waals surface area contributed by atoms with Gasteiger partial charge in [-0.25, -0.2) is 0 Å². The Morgan fingerprint density at radius 2 is 1.74 bits per heavy atom. The van der Waals surface area contributed by atoms with Gasteiger partial charge in [-0.15, -0.1) is 0 Å². The third-order valence-electron chi connectivity index (χ3n) is 4.82. The van der Waals surface area contributed by atoms with Gasteiger partial charge >= 0.3 is 0 Å². The van der Waals surface area contributed by atoms with E-state index in [1.165, 1.54) is 7.11 Å². The van der Waals surface area contributed by atoms with E-state index in [1.54, 1.807) is 18.2 Å². The molecule has 0 aromatic heterocycles. The van der Waals surface area contributed by atoms with Crippen LogP contribution in [0.5, 0.6) is 5.75 Å². The zero-order valence-corrected chi connectivity index (χ0v) is 15.7. The van der Waals surface area contributed by atoms with Gasteiger partial charge in [0, 0.05) is 31.9 Å².